The molecule has 3 saturated heterocycles. The number of piperidine rings is 2. The lowest BCUT2D eigenvalue weighted by Crippen LogP contribution is -2.49. The van der Waals surface area contributed by atoms with E-state index in [4.69, 9.17) is 33.7 Å². The van der Waals surface area contributed by atoms with E-state index in [2.05, 4.69) is 75.1 Å². The summed E-state index contributed by atoms with van der Waals surface area (Å²) in [6.45, 7) is 22.1. The Balaban J connectivity index is 0.000000138. The number of halogens is 6. The SMILES string of the molecule is CCOC(=O)Oc1ccc(-c2nc3c(c(C)nn3C(=O)OCC)c3c2c(=O)[nH]c2cc(N4CCN(C(=O)OCC)CC4)ccc23)cc1.CCOc1[nH]c2cc(N3CCCCC3)ccc2c2c1c(-c1ccc(O)c(C(F)(F)F)c1)nc1ncc(C)c12.CCn1c(=O)c2c(-c3ccc(O)c(C(F)(F)F)c3)nc3[nH]cc(C)c3c2c2ccc(N3CCCCC3)cc21. The van der Waals surface area contributed by atoms with Crippen molar-refractivity contribution in [2.24, 2.45) is 0 Å². The van der Waals surface area contributed by atoms with Crippen LogP contribution < -0.4 is 35.3 Å². The zero-order valence-electron chi connectivity index (χ0n) is 68.7. The first kappa shape index (κ1) is 83.0. The van der Waals surface area contributed by atoms with Crippen molar-refractivity contribution in [3.63, 3.8) is 0 Å². The van der Waals surface area contributed by atoms with Crippen molar-refractivity contribution >= 4 is 134 Å². The van der Waals surface area contributed by atoms with Crippen LogP contribution in [0.15, 0.2) is 137 Å². The van der Waals surface area contributed by atoms with E-state index in [0.29, 0.717) is 118 Å². The summed E-state index contributed by atoms with van der Waals surface area (Å²) >= 11 is 0. The highest BCUT2D eigenvalue weighted by atomic mass is 19.4. The van der Waals surface area contributed by atoms with Gasteiger partial charge in [-0.05, 0) is 202 Å². The number of carbonyl (C=O) groups is 3. The molecule has 0 radical (unpaired) electrons. The van der Waals surface area contributed by atoms with Crippen LogP contribution in [-0.2, 0) is 33.1 Å². The van der Waals surface area contributed by atoms with Crippen molar-refractivity contribution in [3.05, 3.63) is 176 Å². The third kappa shape index (κ3) is 15.7. The molecular weight excluding hydrogens is 1600 g/mol. The highest BCUT2D eigenvalue weighted by molar-refractivity contribution is 6.26. The lowest BCUT2D eigenvalue weighted by molar-refractivity contribution is -0.139. The van der Waals surface area contributed by atoms with Crippen molar-refractivity contribution in [2.75, 3.05) is 93.5 Å². The molecule has 9 aromatic heterocycles. The van der Waals surface area contributed by atoms with Crippen LogP contribution in [0.3, 0.4) is 0 Å². The molecule has 3 aliphatic rings. The Morgan fingerprint density at radius 1 is 0.496 bits per heavy atom. The summed E-state index contributed by atoms with van der Waals surface area (Å²) in [5.41, 5.74) is 7.43. The number of phenolic OH excluding ortho intramolecular Hbond substituents is 2. The minimum Gasteiger partial charge on any atom is -0.507 e. The first-order valence-corrected chi connectivity index (χ1v) is 41.0. The number of aromatic amines is 3. The molecule has 26 nitrogen and oxygen atoms in total. The van der Waals surface area contributed by atoms with Gasteiger partial charge in [-0.3, -0.25) is 9.59 Å². The van der Waals surface area contributed by atoms with Crippen molar-refractivity contribution in [1.82, 2.24) is 54.1 Å². The number of hydrogen-bond donors (Lipinski definition) is 5. The second-order valence-electron chi connectivity index (χ2n) is 30.5. The minimum absolute atomic E-state index is 0.110. The Morgan fingerprint density at radius 3 is 1.60 bits per heavy atom. The van der Waals surface area contributed by atoms with E-state index in [1.165, 1.54) is 25.0 Å². The van der Waals surface area contributed by atoms with Crippen LogP contribution in [0.1, 0.15) is 101 Å². The highest BCUT2D eigenvalue weighted by Crippen LogP contribution is 2.48. The zero-order chi connectivity index (χ0) is 86.6. The van der Waals surface area contributed by atoms with Gasteiger partial charge in [-0.25, -0.2) is 34.3 Å². The topological polar surface area (TPSA) is 307 Å². The molecule has 0 unspecified atom stereocenters. The van der Waals surface area contributed by atoms with Crippen LogP contribution in [0.2, 0.25) is 0 Å². The first-order valence-electron chi connectivity index (χ1n) is 41.0. The number of hydrogen-bond acceptors (Lipinski definition) is 20. The van der Waals surface area contributed by atoms with E-state index in [0.717, 1.165) is 152 Å². The van der Waals surface area contributed by atoms with Crippen molar-refractivity contribution in [3.8, 4) is 56.9 Å². The maximum atomic E-state index is 14.1. The number of amides is 1. The maximum absolute atomic E-state index is 14.1. The van der Waals surface area contributed by atoms with Gasteiger partial charge in [0.15, 0.2) is 11.3 Å². The molecule has 18 rings (SSSR count). The molecule has 32 heteroatoms. The lowest BCUT2D eigenvalue weighted by Gasteiger charge is -2.35. The molecular formula is C91H88F6N14O12. The number of pyridine rings is 6. The average molecular weight is 1680 g/mol. The maximum Gasteiger partial charge on any atom is 0.513 e. The Bertz CT molecular complexity index is 6820. The molecule has 0 atom stereocenters. The number of fused-ring (bicyclic) bond motifs is 15. The Labute approximate surface area is 698 Å². The van der Waals surface area contributed by atoms with E-state index in [9.17, 15) is 60.5 Å². The van der Waals surface area contributed by atoms with Crippen LogP contribution in [0, 0.1) is 20.8 Å². The number of aromatic nitrogens is 10. The summed E-state index contributed by atoms with van der Waals surface area (Å²) in [5.74, 6) is -1.03. The van der Waals surface area contributed by atoms with Crippen LogP contribution in [0.25, 0.3) is 132 Å². The molecule has 0 aliphatic carbocycles. The molecule has 15 aromatic rings. The fraction of sp³-hybridized carbons (Fsp3) is 0.319. The van der Waals surface area contributed by atoms with Crippen LogP contribution in [0.4, 0.5) is 57.8 Å². The van der Waals surface area contributed by atoms with Gasteiger partial charge in [0.05, 0.1) is 98.4 Å². The number of nitrogens with one attached hydrogen (secondary N) is 3. The second-order valence-corrected chi connectivity index (χ2v) is 30.5. The summed E-state index contributed by atoms with van der Waals surface area (Å²) in [5, 5.41) is 32.2. The van der Waals surface area contributed by atoms with Gasteiger partial charge in [0.2, 0.25) is 5.88 Å². The number of anilines is 3. The number of nitrogens with zero attached hydrogens (tertiary/aromatic N) is 11. The smallest absolute Gasteiger partial charge is 0.507 e. The van der Waals surface area contributed by atoms with E-state index in [-0.39, 0.29) is 64.0 Å². The Kier molecular flexibility index (Phi) is 22.8. The molecule has 0 bridgehead atoms. The van der Waals surface area contributed by atoms with E-state index in [1.54, 1.807) is 73.8 Å². The Morgan fingerprint density at radius 2 is 1.02 bits per heavy atom. The average Bonchev–Trinajstić information content (AvgIpc) is 1.72. The predicted molar refractivity (Wildman–Crippen MR) is 461 cm³/mol. The van der Waals surface area contributed by atoms with Gasteiger partial charge in [-0.1, -0.05) is 18.2 Å². The minimum atomic E-state index is -4.76. The number of aromatic hydroxyl groups is 2. The summed E-state index contributed by atoms with van der Waals surface area (Å²) in [7, 11) is 0. The van der Waals surface area contributed by atoms with Gasteiger partial charge < -0.3 is 73.0 Å². The van der Waals surface area contributed by atoms with Gasteiger partial charge in [-0.15, -0.1) is 4.68 Å². The van der Waals surface area contributed by atoms with E-state index in [1.807, 2.05) is 52.0 Å². The zero-order valence-corrected chi connectivity index (χ0v) is 68.7. The standard InChI is InChI=1S/C33H34N6O8.2C29H27F3N4O2/c1-5-44-31(41)38-16-14-37(15-17-38)21-10-13-23-24(18-21)34-30(40)27-26(23)25-19(4)36-39(32(42)45-6-2)29(25)35-28(27)20-8-11-22(12-9-20)47-33(43)46-7-3;1-3-36-21-14-18(35-11-5-4-6-12-35)8-9-19(21)24-23-16(2)15-33-27(23)34-26(25(24)28(36)38)17-7-10-22(37)20(13-17)29(30,31)32;1-3-38-28-25-24(19-9-8-18(14-21(19)34-28)36-11-5-4-6-12-36)23-16(2)15-33-27(23)35-26(25)17-7-10-22(37)20(13-17)29(30,31)32/h8-13,18H,5-7,14-17H2,1-4H3,(H,34,40);7-10,13-15,37H,3-6,11-12H2,1-2H3,(H,33,34);7-10,13-15,34,37H,3-6,11-12H2,1-2H3. The number of carbonyl (C=O) groups excluding carboxylic acids is 3. The monoisotopic (exact) mass is 1680 g/mol. The molecule has 5 N–H and O–H groups in total. The summed E-state index contributed by atoms with van der Waals surface area (Å²) < 4.78 is 111. The first-order chi connectivity index (χ1) is 59.2. The van der Waals surface area contributed by atoms with Gasteiger partial charge in [0.1, 0.15) is 22.9 Å². The van der Waals surface area contributed by atoms with Gasteiger partial charge in [0, 0.05) is 148 Å². The van der Waals surface area contributed by atoms with Crippen molar-refractivity contribution in [2.45, 2.75) is 113 Å². The number of benzene rings is 6. The molecule has 6 aromatic carbocycles. The van der Waals surface area contributed by atoms with Crippen LogP contribution >= 0.6 is 0 Å². The normalized spacial score (nSPS) is 14.1. The molecule has 1 amide bonds. The lowest BCUT2D eigenvalue weighted by atomic mass is 9.96. The summed E-state index contributed by atoms with van der Waals surface area (Å²) in [6.07, 6.45) is -0.802. The number of phenols is 2. The molecule has 0 saturated carbocycles. The van der Waals surface area contributed by atoms with Crippen molar-refractivity contribution in [1.29, 1.82) is 0 Å². The molecule has 12 heterocycles. The number of H-pyrrole nitrogens is 3. The summed E-state index contributed by atoms with van der Waals surface area (Å²) in [6, 6.07) is 31.3. The molecule has 0 spiro atoms. The summed E-state index contributed by atoms with van der Waals surface area (Å²) in [4.78, 5) is 102. The third-order valence-corrected chi connectivity index (χ3v) is 22.9. The van der Waals surface area contributed by atoms with Crippen LogP contribution in [-0.4, -0.2) is 161 Å². The number of rotatable bonds is 13. The number of ether oxygens (including phenoxy) is 5. The van der Waals surface area contributed by atoms with E-state index < -0.39 is 47.2 Å². The van der Waals surface area contributed by atoms with Crippen molar-refractivity contribution < 1.29 is 74.6 Å². The fourth-order valence-electron chi connectivity index (χ4n) is 17.1. The van der Waals surface area contributed by atoms with E-state index >= 15 is 0 Å². The largest absolute Gasteiger partial charge is 0.513 e. The Hall–Kier alpha value is -13.7. The third-order valence-electron chi connectivity index (χ3n) is 22.9. The van der Waals surface area contributed by atoms with Gasteiger partial charge in [0.25, 0.3) is 11.1 Å². The highest BCUT2D eigenvalue weighted by Gasteiger charge is 2.37. The number of alkyl halides is 6. The second kappa shape index (κ2) is 33.7. The number of aryl methyl sites for hydroxylation is 4. The fourth-order valence-corrected chi connectivity index (χ4v) is 17.1. The van der Waals surface area contributed by atoms with Gasteiger partial charge in [-0.2, -0.15) is 31.4 Å². The van der Waals surface area contributed by atoms with Gasteiger partial charge >= 0.3 is 30.7 Å². The quantitative estimate of drug-likeness (QED) is 0.0235. The molecule has 3 aliphatic heterocycles. The molecule has 123 heavy (non-hydrogen) atoms. The molecule has 636 valence electrons. The van der Waals surface area contributed by atoms with Crippen LogP contribution in [0.5, 0.6) is 23.1 Å². The molecule has 3 fully saturated rings. The number of piperazine rings is 1. The predicted octanol–water partition coefficient (Wildman–Crippen LogP) is 19.3.